The van der Waals surface area contributed by atoms with E-state index in [-0.39, 0.29) is 6.42 Å². The third kappa shape index (κ3) is 6.11. The second-order valence-electron chi connectivity index (χ2n) is 12.1. The van der Waals surface area contributed by atoms with E-state index in [0.717, 1.165) is 0 Å². The molecule has 3 aliphatic rings. The largest absolute Gasteiger partial charge is 0.462 e. The first-order valence-electron chi connectivity index (χ1n) is 14.5. The number of aliphatic hydroxyl groups is 1. The zero-order chi connectivity index (χ0) is 31.7. The summed E-state index contributed by atoms with van der Waals surface area (Å²) in [5.41, 5.74) is -2.52. The fourth-order valence-electron chi connectivity index (χ4n) is 6.62. The van der Waals surface area contributed by atoms with Crippen LogP contribution in [0, 0.1) is 23.2 Å². The lowest BCUT2D eigenvalue weighted by molar-refractivity contribution is -0.223. The van der Waals surface area contributed by atoms with Gasteiger partial charge in [0.15, 0.2) is 11.7 Å². The molecular formula is C31H44O11. The van der Waals surface area contributed by atoms with E-state index in [1.54, 1.807) is 20.8 Å². The fraction of sp³-hybridized carbons (Fsp3) is 0.710. The molecule has 11 heteroatoms. The van der Waals surface area contributed by atoms with Crippen molar-refractivity contribution in [1.29, 1.82) is 0 Å². The molecule has 0 radical (unpaired) electrons. The van der Waals surface area contributed by atoms with Crippen molar-refractivity contribution in [3.63, 3.8) is 0 Å². The summed E-state index contributed by atoms with van der Waals surface area (Å²) in [5.74, 6) is -5.78. The molecule has 1 saturated carbocycles. The number of hydrogen-bond acceptors (Lipinski definition) is 11. The van der Waals surface area contributed by atoms with Gasteiger partial charge in [-0.2, -0.15) is 0 Å². The maximum atomic E-state index is 13.4. The monoisotopic (exact) mass is 592 g/mol. The van der Waals surface area contributed by atoms with E-state index < -0.39 is 89.1 Å². The van der Waals surface area contributed by atoms with Crippen LogP contribution in [0.4, 0.5) is 0 Å². The first-order chi connectivity index (χ1) is 19.5. The Labute approximate surface area is 246 Å². The SMILES string of the molecule is C=C1CC[C@H](OC(C)=O)[C@]2(C)[C@@H](OC(=O)[C@H](C)CC)C[C@@H](OC(C)=O)/C(C)=C\[C@@H]3OC(=O)[C@H](C)[C@]3(O)[C@@H](OC(C)=O)[C@@H]12. The van der Waals surface area contributed by atoms with E-state index >= 15 is 0 Å². The van der Waals surface area contributed by atoms with Crippen molar-refractivity contribution in [1.82, 2.24) is 0 Å². The molecule has 0 unspecified atom stereocenters. The van der Waals surface area contributed by atoms with Gasteiger partial charge < -0.3 is 28.8 Å². The molecule has 0 bridgehead atoms. The van der Waals surface area contributed by atoms with Crippen LogP contribution in [0.25, 0.3) is 0 Å². The molecule has 1 aliphatic heterocycles. The summed E-state index contributed by atoms with van der Waals surface area (Å²) in [6.07, 6.45) is -3.09. The van der Waals surface area contributed by atoms with Crippen LogP contribution in [-0.2, 0) is 47.7 Å². The topological polar surface area (TPSA) is 152 Å². The van der Waals surface area contributed by atoms with Crippen LogP contribution in [0.1, 0.15) is 81.1 Å². The second-order valence-corrected chi connectivity index (χ2v) is 12.1. The Morgan fingerprint density at radius 2 is 1.67 bits per heavy atom. The molecule has 1 N–H and O–H groups in total. The summed E-state index contributed by atoms with van der Waals surface area (Å²) in [4.78, 5) is 63.6. The third-order valence-electron chi connectivity index (χ3n) is 9.26. The molecule has 0 aromatic heterocycles. The maximum Gasteiger partial charge on any atom is 0.312 e. The second kappa shape index (κ2) is 12.6. The lowest BCUT2D eigenvalue weighted by Gasteiger charge is -2.56. The highest BCUT2D eigenvalue weighted by molar-refractivity contribution is 5.78. The van der Waals surface area contributed by atoms with Gasteiger partial charge in [0.2, 0.25) is 0 Å². The van der Waals surface area contributed by atoms with Crippen molar-refractivity contribution in [3.8, 4) is 0 Å². The number of ether oxygens (including phenoxy) is 5. The minimum Gasteiger partial charge on any atom is -0.462 e. The molecule has 0 amide bonds. The first kappa shape index (κ1) is 33.3. The Morgan fingerprint density at radius 1 is 1.07 bits per heavy atom. The number of carbonyl (C=O) groups is 5. The molecule has 2 fully saturated rings. The average molecular weight is 593 g/mol. The number of esters is 5. The van der Waals surface area contributed by atoms with Crippen molar-refractivity contribution >= 4 is 29.8 Å². The van der Waals surface area contributed by atoms with Gasteiger partial charge in [-0.3, -0.25) is 24.0 Å². The Morgan fingerprint density at radius 3 is 2.21 bits per heavy atom. The summed E-state index contributed by atoms with van der Waals surface area (Å²) in [7, 11) is 0. The van der Waals surface area contributed by atoms with Crippen molar-refractivity contribution in [3.05, 3.63) is 23.8 Å². The van der Waals surface area contributed by atoms with E-state index in [4.69, 9.17) is 23.7 Å². The maximum absolute atomic E-state index is 13.4. The molecule has 0 aromatic rings. The average Bonchev–Trinajstić information content (AvgIpc) is 3.10. The number of hydrogen-bond donors (Lipinski definition) is 1. The van der Waals surface area contributed by atoms with Crippen LogP contribution in [0.3, 0.4) is 0 Å². The molecule has 0 spiro atoms. The molecule has 1 heterocycles. The Balaban J connectivity index is 2.42. The van der Waals surface area contributed by atoms with Gasteiger partial charge in [-0.25, -0.2) is 0 Å². The lowest BCUT2D eigenvalue weighted by Crippen LogP contribution is -2.66. The number of carbonyl (C=O) groups excluding carboxylic acids is 5. The lowest BCUT2D eigenvalue weighted by atomic mass is 9.54. The highest BCUT2D eigenvalue weighted by Gasteiger charge is 2.68. The van der Waals surface area contributed by atoms with Crippen LogP contribution in [0.15, 0.2) is 23.8 Å². The number of fused-ring (bicyclic) bond motifs is 2. The van der Waals surface area contributed by atoms with Gasteiger partial charge in [-0.15, -0.1) is 0 Å². The molecular weight excluding hydrogens is 548 g/mol. The zero-order valence-electron chi connectivity index (χ0n) is 25.8. The van der Waals surface area contributed by atoms with Gasteiger partial charge in [-0.1, -0.05) is 32.9 Å². The smallest absolute Gasteiger partial charge is 0.312 e. The first-order valence-corrected chi connectivity index (χ1v) is 14.5. The Bertz CT molecular complexity index is 1160. The molecule has 3 rings (SSSR count). The van der Waals surface area contributed by atoms with Crippen LogP contribution in [0.2, 0.25) is 0 Å². The van der Waals surface area contributed by atoms with E-state index in [1.807, 2.05) is 6.92 Å². The van der Waals surface area contributed by atoms with E-state index in [9.17, 15) is 29.1 Å². The van der Waals surface area contributed by atoms with Crippen LogP contribution in [-0.4, -0.2) is 71.1 Å². The van der Waals surface area contributed by atoms with E-state index in [1.165, 1.54) is 33.8 Å². The third-order valence-corrected chi connectivity index (χ3v) is 9.26. The minimum atomic E-state index is -2.11. The van der Waals surface area contributed by atoms with Crippen molar-refractivity contribution in [2.24, 2.45) is 23.2 Å². The molecule has 0 aromatic carbocycles. The van der Waals surface area contributed by atoms with Gasteiger partial charge in [0, 0.05) is 33.1 Å². The van der Waals surface area contributed by atoms with Gasteiger partial charge in [0.25, 0.3) is 0 Å². The predicted octanol–water partition coefficient (Wildman–Crippen LogP) is 3.35. The predicted molar refractivity (Wildman–Crippen MR) is 148 cm³/mol. The molecule has 1 saturated heterocycles. The quantitative estimate of drug-likeness (QED) is 0.275. The minimum absolute atomic E-state index is 0.0520. The molecule has 42 heavy (non-hydrogen) atoms. The summed E-state index contributed by atoms with van der Waals surface area (Å²) in [6, 6.07) is 0. The highest BCUT2D eigenvalue weighted by Crippen LogP contribution is 2.56. The van der Waals surface area contributed by atoms with Crippen molar-refractivity contribution in [2.75, 3.05) is 0 Å². The zero-order valence-corrected chi connectivity index (χ0v) is 25.8. The van der Waals surface area contributed by atoms with Gasteiger partial charge in [-0.05, 0) is 44.8 Å². The molecule has 2 aliphatic carbocycles. The van der Waals surface area contributed by atoms with Crippen LogP contribution in [0.5, 0.6) is 0 Å². The standard InChI is InChI=1S/C31H44O11/c1-10-15(2)28(35)41-24-14-22(38-19(6)32)17(4)13-25-31(37,18(5)29(36)42-25)27(40-21(8)34)26-16(3)11-12-23(30(24,26)9)39-20(7)33/h13,15,18,22-27,37H,3,10-12,14H2,1-2,4-9H3/b17-13-/t15-,18+,22-,23+,24+,25+,26-,27+,30-,31-/m1/s1. The summed E-state index contributed by atoms with van der Waals surface area (Å²) in [5, 5.41) is 12.5. The van der Waals surface area contributed by atoms with E-state index in [0.29, 0.717) is 30.4 Å². The van der Waals surface area contributed by atoms with Gasteiger partial charge in [0.1, 0.15) is 24.4 Å². The molecule has 10 atom stereocenters. The highest BCUT2D eigenvalue weighted by atomic mass is 16.6. The van der Waals surface area contributed by atoms with Crippen LogP contribution >= 0.6 is 0 Å². The molecule has 234 valence electrons. The number of rotatable bonds is 6. The fourth-order valence-corrected chi connectivity index (χ4v) is 6.62. The van der Waals surface area contributed by atoms with E-state index in [2.05, 4.69) is 6.58 Å². The summed E-state index contributed by atoms with van der Waals surface area (Å²) < 4.78 is 29.3. The van der Waals surface area contributed by atoms with Gasteiger partial charge >= 0.3 is 29.8 Å². The normalized spacial score (nSPS) is 38.4. The van der Waals surface area contributed by atoms with Crippen molar-refractivity contribution in [2.45, 2.75) is 117 Å². The van der Waals surface area contributed by atoms with Crippen molar-refractivity contribution < 1.29 is 52.8 Å². The summed E-state index contributed by atoms with van der Waals surface area (Å²) in [6.45, 7) is 16.4. The van der Waals surface area contributed by atoms with Gasteiger partial charge in [0.05, 0.1) is 17.3 Å². The van der Waals surface area contributed by atoms with Crippen LogP contribution < -0.4 is 0 Å². The Kier molecular flexibility index (Phi) is 9.96. The molecule has 11 nitrogen and oxygen atoms in total. The Hall–Kier alpha value is -3.21. The summed E-state index contributed by atoms with van der Waals surface area (Å²) >= 11 is 0.